The van der Waals surface area contributed by atoms with Crippen molar-refractivity contribution in [2.45, 2.75) is 39.2 Å². The van der Waals surface area contributed by atoms with E-state index in [1.807, 2.05) is 12.1 Å². The van der Waals surface area contributed by atoms with E-state index in [4.69, 9.17) is 19.9 Å². The first-order valence-corrected chi connectivity index (χ1v) is 7.11. The van der Waals surface area contributed by atoms with Gasteiger partial charge in [-0.3, -0.25) is 4.90 Å². The maximum atomic E-state index is 5.99. The van der Waals surface area contributed by atoms with E-state index in [9.17, 15) is 0 Å². The Hall–Kier alpha value is -1.30. The Kier molecular flexibility index (Phi) is 3.83. The monoisotopic (exact) mass is 278 g/mol. The summed E-state index contributed by atoms with van der Waals surface area (Å²) in [6.45, 7) is 7.83. The fourth-order valence-electron chi connectivity index (χ4n) is 3.10. The van der Waals surface area contributed by atoms with Crippen LogP contribution >= 0.6 is 0 Å². The third-order valence-electron chi connectivity index (χ3n) is 3.70. The highest BCUT2D eigenvalue weighted by Crippen LogP contribution is 2.32. The van der Waals surface area contributed by atoms with E-state index in [-0.39, 0.29) is 12.2 Å². The molecule has 1 fully saturated rings. The Bertz CT molecular complexity index is 482. The number of hydrogen-bond acceptors (Lipinski definition) is 5. The van der Waals surface area contributed by atoms with Gasteiger partial charge in [-0.1, -0.05) is 0 Å². The lowest BCUT2D eigenvalue weighted by Crippen LogP contribution is -2.44. The number of nitrogen functional groups attached to an aromatic ring is 1. The molecule has 5 heteroatoms. The predicted molar refractivity (Wildman–Crippen MR) is 76.4 cm³/mol. The van der Waals surface area contributed by atoms with E-state index in [1.165, 1.54) is 0 Å². The van der Waals surface area contributed by atoms with Crippen LogP contribution in [0.3, 0.4) is 0 Å². The van der Waals surface area contributed by atoms with Gasteiger partial charge >= 0.3 is 0 Å². The first-order valence-electron chi connectivity index (χ1n) is 7.11. The molecule has 2 aliphatic rings. The fourth-order valence-corrected chi connectivity index (χ4v) is 3.10. The molecule has 0 radical (unpaired) electrons. The minimum absolute atomic E-state index is 0.264. The van der Waals surface area contributed by atoms with Gasteiger partial charge in [0.1, 0.15) is 5.75 Å². The lowest BCUT2D eigenvalue weighted by atomic mass is 10.1. The van der Waals surface area contributed by atoms with Crippen molar-refractivity contribution >= 4 is 5.69 Å². The van der Waals surface area contributed by atoms with Gasteiger partial charge in [0.2, 0.25) is 0 Å². The molecule has 1 aromatic rings. The first-order chi connectivity index (χ1) is 9.61. The Morgan fingerprint density at radius 2 is 2.00 bits per heavy atom. The van der Waals surface area contributed by atoms with Crippen LogP contribution in [0.5, 0.6) is 5.75 Å². The van der Waals surface area contributed by atoms with Crippen molar-refractivity contribution in [2.75, 3.05) is 25.6 Å². The number of rotatable bonds is 2. The second-order valence-corrected chi connectivity index (χ2v) is 5.73. The normalized spacial score (nSPS) is 26.9. The lowest BCUT2D eigenvalue weighted by molar-refractivity contribution is -0.0711. The zero-order valence-corrected chi connectivity index (χ0v) is 12.1. The molecule has 1 saturated heterocycles. The molecule has 110 valence electrons. The number of benzene rings is 1. The first kappa shape index (κ1) is 13.7. The van der Waals surface area contributed by atoms with Gasteiger partial charge in [0.15, 0.2) is 6.79 Å². The predicted octanol–water partition coefficient (Wildman–Crippen LogP) is 1.74. The molecule has 0 saturated carbocycles. The van der Waals surface area contributed by atoms with Crippen molar-refractivity contribution in [1.82, 2.24) is 4.90 Å². The number of morpholine rings is 1. The smallest absolute Gasteiger partial charge is 0.189 e. The summed E-state index contributed by atoms with van der Waals surface area (Å²) in [5.74, 6) is 0.942. The molecule has 2 atom stereocenters. The SMILES string of the molecule is C[C@@H]1CN(Cc2cc(N)cc3c2OCOC3)C[C@H](C)O1. The molecule has 0 aliphatic carbocycles. The van der Waals surface area contributed by atoms with Gasteiger partial charge in [-0.15, -0.1) is 0 Å². The molecule has 2 aliphatic heterocycles. The molecule has 0 amide bonds. The van der Waals surface area contributed by atoms with E-state index >= 15 is 0 Å². The van der Waals surface area contributed by atoms with Gasteiger partial charge in [0, 0.05) is 36.4 Å². The quantitative estimate of drug-likeness (QED) is 0.835. The Balaban J connectivity index is 1.81. The summed E-state index contributed by atoms with van der Waals surface area (Å²) in [4.78, 5) is 2.40. The van der Waals surface area contributed by atoms with E-state index in [2.05, 4.69) is 18.7 Å². The van der Waals surface area contributed by atoms with Crippen molar-refractivity contribution in [3.05, 3.63) is 23.3 Å². The van der Waals surface area contributed by atoms with Crippen LogP contribution in [0, 0.1) is 0 Å². The molecule has 5 nitrogen and oxygen atoms in total. The second-order valence-electron chi connectivity index (χ2n) is 5.73. The highest BCUT2D eigenvalue weighted by atomic mass is 16.7. The number of fused-ring (bicyclic) bond motifs is 1. The highest BCUT2D eigenvalue weighted by molar-refractivity contribution is 5.53. The minimum Gasteiger partial charge on any atom is -0.467 e. The van der Waals surface area contributed by atoms with E-state index in [0.29, 0.717) is 13.4 Å². The average molecular weight is 278 g/mol. The Labute approximate surface area is 119 Å². The fraction of sp³-hybridized carbons (Fsp3) is 0.600. The Morgan fingerprint density at radius 3 is 2.75 bits per heavy atom. The number of anilines is 1. The zero-order valence-electron chi connectivity index (χ0n) is 12.1. The third-order valence-corrected chi connectivity index (χ3v) is 3.70. The van der Waals surface area contributed by atoms with Crippen molar-refractivity contribution in [3.63, 3.8) is 0 Å². The van der Waals surface area contributed by atoms with E-state index in [0.717, 1.165) is 42.2 Å². The molecular formula is C15H22N2O3. The van der Waals surface area contributed by atoms with Crippen LogP contribution in [-0.4, -0.2) is 37.0 Å². The largest absolute Gasteiger partial charge is 0.467 e. The van der Waals surface area contributed by atoms with Crippen LogP contribution in [-0.2, 0) is 22.6 Å². The summed E-state index contributed by atoms with van der Waals surface area (Å²) < 4.78 is 16.8. The van der Waals surface area contributed by atoms with Gasteiger partial charge in [-0.2, -0.15) is 0 Å². The molecule has 2 N–H and O–H groups in total. The maximum absolute atomic E-state index is 5.99. The molecule has 0 bridgehead atoms. The van der Waals surface area contributed by atoms with E-state index < -0.39 is 0 Å². The summed E-state index contributed by atoms with van der Waals surface area (Å²) in [5, 5.41) is 0. The molecule has 3 rings (SSSR count). The maximum Gasteiger partial charge on any atom is 0.189 e. The highest BCUT2D eigenvalue weighted by Gasteiger charge is 2.24. The topological polar surface area (TPSA) is 57.0 Å². The van der Waals surface area contributed by atoms with Crippen LogP contribution in [0.15, 0.2) is 12.1 Å². The number of nitrogens with two attached hydrogens (primary N) is 1. The van der Waals surface area contributed by atoms with Crippen LogP contribution < -0.4 is 10.5 Å². The molecule has 20 heavy (non-hydrogen) atoms. The Morgan fingerprint density at radius 1 is 1.25 bits per heavy atom. The van der Waals surface area contributed by atoms with Crippen LogP contribution in [0.4, 0.5) is 5.69 Å². The number of ether oxygens (including phenoxy) is 3. The van der Waals surface area contributed by atoms with Crippen LogP contribution in [0.25, 0.3) is 0 Å². The second kappa shape index (κ2) is 5.60. The zero-order chi connectivity index (χ0) is 14.1. The molecule has 0 aromatic heterocycles. The molecule has 0 unspecified atom stereocenters. The summed E-state index contributed by atoms with van der Waals surface area (Å²) in [6, 6.07) is 3.94. The molecule has 0 spiro atoms. The molecule has 2 heterocycles. The molecule has 1 aromatic carbocycles. The van der Waals surface area contributed by atoms with Crippen molar-refractivity contribution < 1.29 is 14.2 Å². The molecular weight excluding hydrogens is 256 g/mol. The average Bonchev–Trinajstić information content (AvgIpc) is 2.37. The standard InChI is InChI=1S/C15H22N2O3/c1-10-5-17(6-11(2)20-10)7-12-3-14(16)4-13-8-18-9-19-15(12)13/h3-4,10-11H,5-9,16H2,1-2H3/t10-,11+. The van der Waals surface area contributed by atoms with Gasteiger partial charge in [-0.25, -0.2) is 0 Å². The number of hydrogen-bond donors (Lipinski definition) is 1. The summed E-state index contributed by atoms with van der Waals surface area (Å²) in [6.07, 6.45) is 0.528. The van der Waals surface area contributed by atoms with Gasteiger partial charge < -0.3 is 19.9 Å². The summed E-state index contributed by atoms with van der Waals surface area (Å²) in [7, 11) is 0. The van der Waals surface area contributed by atoms with Crippen molar-refractivity contribution in [2.24, 2.45) is 0 Å². The van der Waals surface area contributed by atoms with E-state index in [1.54, 1.807) is 0 Å². The van der Waals surface area contributed by atoms with Gasteiger partial charge in [-0.05, 0) is 26.0 Å². The van der Waals surface area contributed by atoms with Crippen LogP contribution in [0.1, 0.15) is 25.0 Å². The van der Waals surface area contributed by atoms with Gasteiger partial charge in [0.25, 0.3) is 0 Å². The summed E-state index contributed by atoms with van der Waals surface area (Å²) in [5.41, 5.74) is 8.94. The van der Waals surface area contributed by atoms with Crippen molar-refractivity contribution in [3.8, 4) is 5.75 Å². The van der Waals surface area contributed by atoms with Crippen molar-refractivity contribution in [1.29, 1.82) is 0 Å². The van der Waals surface area contributed by atoms with Gasteiger partial charge in [0.05, 0.1) is 18.8 Å². The lowest BCUT2D eigenvalue weighted by Gasteiger charge is -2.36. The van der Waals surface area contributed by atoms with Crippen LogP contribution in [0.2, 0.25) is 0 Å². The summed E-state index contributed by atoms with van der Waals surface area (Å²) >= 11 is 0. The minimum atomic E-state index is 0.264. The number of nitrogens with zero attached hydrogens (tertiary/aromatic N) is 1. The third kappa shape index (κ3) is 2.90.